The fourth-order valence-corrected chi connectivity index (χ4v) is 8.76. The van der Waals surface area contributed by atoms with Crippen LogP contribution in [-0.2, 0) is 0 Å². The molecule has 4 fully saturated rings. The lowest BCUT2D eigenvalue weighted by Crippen LogP contribution is -2.41. The van der Waals surface area contributed by atoms with Crippen molar-refractivity contribution in [1.82, 2.24) is 5.32 Å². The van der Waals surface area contributed by atoms with Crippen LogP contribution in [0.1, 0.15) is 65.2 Å². The van der Waals surface area contributed by atoms with Gasteiger partial charge in [0.05, 0.1) is 12.8 Å². The van der Waals surface area contributed by atoms with Gasteiger partial charge in [0.2, 0.25) is 0 Å². The lowest BCUT2D eigenvalue weighted by Gasteiger charge is -2.45. The Balaban J connectivity index is 1.38. The fourth-order valence-electron chi connectivity index (χ4n) is 8.76. The summed E-state index contributed by atoms with van der Waals surface area (Å²) in [5, 5.41) is 11.7. The predicted octanol–water partition coefficient (Wildman–Crippen LogP) is 4.82. The third-order valence-corrected chi connectivity index (χ3v) is 9.59. The second-order valence-corrected chi connectivity index (χ2v) is 10.3. The highest BCUT2D eigenvalue weighted by molar-refractivity contribution is 5.85. The summed E-state index contributed by atoms with van der Waals surface area (Å²) < 4.78 is 37.2. The molecular formula is C22H31F3N2O. The maximum Gasteiger partial charge on any atom is 0.458 e. The van der Waals surface area contributed by atoms with Gasteiger partial charge < -0.3 is 5.11 Å². The van der Waals surface area contributed by atoms with E-state index < -0.39 is 6.30 Å². The van der Waals surface area contributed by atoms with Crippen molar-refractivity contribution in [2.45, 2.75) is 77.6 Å². The average Bonchev–Trinajstić information content (AvgIpc) is 2.85. The maximum absolute atomic E-state index is 12.4. The first-order chi connectivity index (χ1) is 13.2. The van der Waals surface area contributed by atoms with Crippen LogP contribution in [0.5, 0.6) is 0 Å². The standard InChI is InChI=1S/C22H31F3N2O/c1-13(26-12-27-22(23,24)25)16-3-4-17-19(16,2)8-7-18-20-10-6-15(28)11-14(20)5-9-21(17,18)20/h5,15-18,27-28H,3-4,6-12H2,1-2H3/b26-13+. The van der Waals surface area contributed by atoms with E-state index in [0.29, 0.717) is 22.7 Å². The van der Waals surface area contributed by atoms with Crippen molar-refractivity contribution in [2.75, 3.05) is 6.67 Å². The van der Waals surface area contributed by atoms with Gasteiger partial charge in [0.25, 0.3) is 0 Å². The molecule has 5 aliphatic rings. The fraction of sp³-hybridized carbons (Fsp3) is 0.864. The normalized spacial score (nSPS) is 49.8. The van der Waals surface area contributed by atoms with Crippen LogP contribution in [0.3, 0.4) is 0 Å². The highest BCUT2D eigenvalue weighted by atomic mass is 19.4. The van der Waals surface area contributed by atoms with Crippen LogP contribution < -0.4 is 5.32 Å². The van der Waals surface area contributed by atoms with E-state index in [-0.39, 0.29) is 18.2 Å². The SMILES string of the molecule is C/C(=N\CNC(F)(F)F)C1CCC2C1(C)CCC1C34CCC(O)CC3=CCC214. The van der Waals surface area contributed by atoms with Crippen LogP contribution in [0.15, 0.2) is 16.6 Å². The van der Waals surface area contributed by atoms with Gasteiger partial charge in [-0.1, -0.05) is 18.6 Å². The van der Waals surface area contributed by atoms with Crippen molar-refractivity contribution in [3.8, 4) is 0 Å². The summed E-state index contributed by atoms with van der Waals surface area (Å²) in [6, 6.07) is 0. The average molecular weight is 396 g/mol. The molecule has 3 nitrogen and oxygen atoms in total. The van der Waals surface area contributed by atoms with Crippen molar-refractivity contribution >= 4 is 5.71 Å². The summed E-state index contributed by atoms with van der Waals surface area (Å²) in [5.41, 5.74) is 3.27. The molecule has 6 heteroatoms. The first kappa shape index (κ1) is 19.1. The molecule has 156 valence electrons. The topological polar surface area (TPSA) is 44.6 Å². The number of hydrogen-bond acceptors (Lipinski definition) is 3. The Morgan fingerprint density at radius 2 is 2.00 bits per heavy atom. The number of alkyl halides is 3. The Kier molecular flexibility index (Phi) is 3.99. The van der Waals surface area contributed by atoms with Gasteiger partial charge in [0.15, 0.2) is 0 Å². The number of allylic oxidation sites excluding steroid dienone is 1. The Morgan fingerprint density at radius 3 is 2.75 bits per heavy atom. The molecule has 0 aromatic carbocycles. The molecule has 0 aromatic rings. The summed E-state index contributed by atoms with van der Waals surface area (Å²) in [6.07, 6.45) is 6.55. The number of fused-ring (bicyclic) bond motifs is 1. The molecule has 0 amide bonds. The number of aliphatic hydroxyl groups excluding tert-OH is 1. The number of nitrogens with zero attached hydrogens (tertiary/aromatic N) is 1. The Morgan fingerprint density at radius 1 is 1.21 bits per heavy atom. The lowest BCUT2D eigenvalue weighted by atomic mass is 9.59. The van der Waals surface area contributed by atoms with E-state index in [9.17, 15) is 18.3 Å². The van der Waals surface area contributed by atoms with E-state index in [0.717, 1.165) is 50.2 Å². The van der Waals surface area contributed by atoms with Gasteiger partial charge >= 0.3 is 6.30 Å². The minimum Gasteiger partial charge on any atom is -0.393 e. The number of rotatable bonds is 3. The maximum atomic E-state index is 12.4. The van der Waals surface area contributed by atoms with Crippen molar-refractivity contribution in [2.24, 2.45) is 39.0 Å². The van der Waals surface area contributed by atoms with E-state index >= 15 is 0 Å². The minimum absolute atomic E-state index is 0.144. The van der Waals surface area contributed by atoms with E-state index in [1.165, 1.54) is 23.7 Å². The van der Waals surface area contributed by atoms with Crippen molar-refractivity contribution < 1.29 is 18.3 Å². The first-order valence-corrected chi connectivity index (χ1v) is 10.9. The summed E-state index contributed by atoms with van der Waals surface area (Å²) in [5.74, 6) is 1.70. The predicted molar refractivity (Wildman–Crippen MR) is 102 cm³/mol. The third kappa shape index (κ3) is 2.28. The number of nitrogens with one attached hydrogen (secondary N) is 1. The smallest absolute Gasteiger partial charge is 0.393 e. The van der Waals surface area contributed by atoms with E-state index in [4.69, 9.17) is 0 Å². The Hall–Kier alpha value is -0.880. The van der Waals surface area contributed by atoms with Gasteiger partial charge in [-0.15, -0.1) is 0 Å². The summed E-state index contributed by atoms with van der Waals surface area (Å²) in [4.78, 5) is 4.28. The van der Waals surface area contributed by atoms with Gasteiger partial charge in [-0.3, -0.25) is 4.99 Å². The quantitative estimate of drug-likeness (QED) is 0.408. The first-order valence-electron chi connectivity index (χ1n) is 10.9. The molecular weight excluding hydrogens is 365 g/mol. The molecule has 7 atom stereocenters. The molecule has 0 radical (unpaired) electrons. The van der Waals surface area contributed by atoms with Crippen molar-refractivity contribution in [1.29, 1.82) is 0 Å². The molecule has 0 heterocycles. The van der Waals surface area contributed by atoms with Crippen LogP contribution >= 0.6 is 0 Å². The van der Waals surface area contributed by atoms with Gasteiger partial charge in [-0.2, -0.15) is 13.2 Å². The zero-order chi connectivity index (χ0) is 19.9. The summed E-state index contributed by atoms with van der Waals surface area (Å²) >= 11 is 0. The molecule has 5 rings (SSSR count). The molecule has 0 aromatic heterocycles. The molecule has 28 heavy (non-hydrogen) atoms. The number of aliphatic hydroxyl groups is 1. The zero-order valence-electron chi connectivity index (χ0n) is 16.8. The van der Waals surface area contributed by atoms with Crippen LogP contribution in [0.25, 0.3) is 0 Å². The molecule has 0 bridgehead atoms. The second-order valence-electron chi connectivity index (χ2n) is 10.3. The minimum atomic E-state index is -4.37. The molecule has 0 aliphatic heterocycles. The van der Waals surface area contributed by atoms with Crippen LogP contribution in [0.4, 0.5) is 13.2 Å². The van der Waals surface area contributed by atoms with Gasteiger partial charge in [0.1, 0.15) is 0 Å². The zero-order valence-corrected chi connectivity index (χ0v) is 16.8. The van der Waals surface area contributed by atoms with Crippen LogP contribution in [0.2, 0.25) is 0 Å². The largest absolute Gasteiger partial charge is 0.458 e. The molecule has 5 aliphatic carbocycles. The highest BCUT2D eigenvalue weighted by Gasteiger charge is 2.84. The molecule has 7 unspecified atom stereocenters. The van der Waals surface area contributed by atoms with Gasteiger partial charge in [0, 0.05) is 17.0 Å². The van der Waals surface area contributed by atoms with Crippen LogP contribution in [-0.4, -0.2) is 29.9 Å². The van der Waals surface area contributed by atoms with Gasteiger partial charge in [-0.25, -0.2) is 5.32 Å². The lowest BCUT2D eigenvalue weighted by molar-refractivity contribution is -0.156. The Bertz CT molecular complexity index is 747. The van der Waals surface area contributed by atoms with E-state index in [1.54, 1.807) is 0 Å². The number of halogens is 3. The molecule has 2 N–H and O–H groups in total. The monoisotopic (exact) mass is 396 g/mol. The van der Waals surface area contributed by atoms with Gasteiger partial charge in [-0.05, 0) is 81.0 Å². The Labute approximate surface area is 164 Å². The molecule has 2 spiro atoms. The van der Waals surface area contributed by atoms with E-state index in [2.05, 4.69) is 18.0 Å². The molecule has 0 saturated heterocycles. The summed E-state index contributed by atoms with van der Waals surface area (Å²) in [7, 11) is 0. The number of aliphatic imine (C=N–C) groups is 1. The van der Waals surface area contributed by atoms with Crippen LogP contribution in [0, 0.1) is 34.0 Å². The van der Waals surface area contributed by atoms with Crippen molar-refractivity contribution in [3.05, 3.63) is 11.6 Å². The molecule has 4 saturated carbocycles. The third-order valence-electron chi connectivity index (χ3n) is 9.59. The number of hydrogen-bond donors (Lipinski definition) is 2. The highest BCUT2D eigenvalue weighted by Crippen LogP contribution is 2.90. The summed E-state index contributed by atoms with van der Waals surface area (Å²) in [6.45, 7) is 3.93. The second kappa shape index (κ2) is 5.84. The van der Waals surface area contributed by atoms with E-state index in [1.807, 2.05) is 6.92 Å². The van der Waals surface area contributed by atoms with Crippen molar-refractivity contribution in [3.63, 3.8) is 0 Å².